The maximum Gasteiger partial charge on any atom is 0.325 e. The van der Waals surface area contributed by atoms with Gasteiger partial charge in [0, 0.05) is 12.0 Å². The van der Waals surface area contributed by atoms with Crippen molar-refractivity contribution in [3.05, 3.63) is 71.3 Å². The van der Waals surface area contributed by atoms with Crippen molar-refractivity contribution in [2.24, 2.45) is 5.10 Å². The predicted molar refractivity (Wildman–Crippen MR) is 104 cm³/mol. The molecule has 1 aliphatic heterocycles. The smallest absolute Gasteiger partial charge is 0.325 e. The van der Waals surface area contributed by atoms with Gasteiger partial charge in [0.1, 0.15) is 6.54 Å². The molecule has 0 aromatic heterocycles. The molecule has 2 amide bonds. The molecule has 3 rings (SSSR count). The minimum atomic E-state index is -0.680. The van der Waals surface area contributed by atoms with E-state index in [4.69, 9.17) is 4.74 Å². The quantitative estimate of drug-likeness (QED) is 0.777. The maximum absolute atomic E-state index is 12.2. The van der Waals surface area contributed by atoms with Crippen molar-refractivity contribution in [3.8, 4) is 0 Å². The second-order valence-corrected chi connectivity index (χ2v) is 6.39. The lowest BCUT2D eigenvalue weighted by atomic mass is 10.1. The van der Waals surface area contributed by atoms with Crippen molar-refractivity contribution in [2.45, 2.75) is 13.3 Å². The molecule has 7 nitrogen and oxygen atoms in total. The topological polar surface area (TPSA) is 88.1 Å². The monoisotopic (exact) mass is 379 g/mol. The molecule has 0 spiro atoms. The minimum Gasteiger partial charge on any atom is -0.454 e. The molecule has 28 heavy (non-hydrogen) atoms. The van der Waals surface area contributed by atoms with E-state index in [9.17, 15) is 14.4 Å². The van der Waals surface area contributed by atoms with Gasteiger partial charge in [-0.05, 0) is 24.6 Å². The third-order valence-corrected chi connectivity index (χ3v) is 4.23. The molecular weight excluding hydrogens is 358 g/mol. The summed E-state index contributed by atoms with van der Waals surface area (Å²) in [5.41, 5.74) is 3.20. The lowest BCUT2D eigenvalue weighted by molar-refractivity contribution is -0.150. The van der Waals surface area contributed by atoms with E-state index in [1.807, 2.05) is 43.3 Å². The number of rotatable bonds is 6. The Morgan fingerprint density at radius 2 is 1.89 bits per heavy atom. The normalized spacial score (nSPS) is 13.0. The van der Waals surface area contributed by atoms with Gasteiger partial charge >= 0.3 is 5.97 Å². The zero-order chi connectivity index (χ0) is 19.9. The molecule has 1 heterocycles. The number of hydrogen-bond acceptors (Lipinski definition) is 5. The van der Waals surface area contributed by atoms with Crippen molar-refractivity contribution >= 4 is 23.5 Å². The van der Waals surface area contributed by atoms with Crippen LogP contribution in [0.1, 0.15) is 27.9 Å². The first-order valence-corrected chi connectivity index (χ1v) is 8.96. The number of nitrogens with zero attached hydrogens (tertiary/aromatic N) is 2. The van der Waals surface area contributed by atoms with Crippen LogP contribution in [0.15, 0.2) is 59.7 Å². The van der Waals surface area contributed by atoms with Crippen LogP contribution in [0.3, 0.4) is 0 Å². The van der Waals surface area contributed by atoms with Gasteiger partial charge in [0.25, 0.3) is 11.8 Å². The highest BCUT2D eigenvalue weighted by atomic mass is 16.5. The molecule has 1 aliphatic rings. The average molecular weight is 379 g/mol. The van der Waals surface area contributed by atoms with Crippen LogP contribution in [-0.2, 0) is 14.3 Å². The fraction of sp³-hybridized carbons (Fsp3) is 0.238. The molecule has 7 heteroatoms. The molecule has 1 N–H and O–H groups in total. The van der Waals surface area contributed by atoms with Crippen LogP contribution in [-0.4, -0.2) is 48.2 Å². The highest BCUT2D eigenvalue weighted by molar-refractivity contribution is 6.02. The van der Waals surface area contributed by atoms with Crippen molar-refractivity contribution < 1.29 is 19.1 Å². The molecular formula is C21H21N3O4. The van der Waals surface area contributed by atoms with Gasteiger partial charge in [-0.25, -0.2) is 5.01 Å². The van der Waals surface area contributed by atoms with E-state index in [1.165, 1.54) is 5.01 Å². The molecule has 0 saturated carbocycles. The number of nitrogens with one attached hydrogen (secondary N) is 1. The van der Waals surface area contributed by atoms with Crippen LogP contribution < -0.4 is 5.32 Å². The van der Waals surface area contributed by atoms with E-state index in [2.05, 4.69) is 10.4 Å². The summed E-state index contributed by atoms with van der Waals surface area (Å²) in [7, 11) is 0. The molecule has 0 saturated heterocycles. The Kier molecular flexibility index (Phi) is 6.16. The summed E-state index contributed by atoms with van der Waals surface area (Å²) in [6.45, 7) is 1.61. The number of benzene rings is 2. The van der Waals surface area contributed by atoms with E-state index in [0.717, 1.165) is 16.8 Å². The van der Waals surface area contributed by atoms with Gasteiger partial charge in [-0.15, -0.1) is 0 Å². The molecule has 0 atom stereocenters. The number of carbonyl (C=O) groups is 3. The van der Waals surface area contributed by atoms with Gasteiger partial charge < -0.3 is 10.1 Å². The Hall–Kier alpha value is -3.48. The Morgan fingerprint density at radius 1 is 1.11 bits per heavy atom. The van der Waals surface area contributed by atoms with Crippen molar-refractivity contribution in [1.82, 2.24) is 10.3 Å². The first-order valence-electron chi connectivity index (χ1n) is 8.96. The van der Waals surface area contributed by atoms with Gasteiger partial charge in [-0.2, -0.15) is 5.10 Å². The van der Waals surface area contributed by atoms with Crippen LogP contribution in [0.4, 0.5) is 0 Å². The number of aryl methyl sites for hydroxylation is 1. The summed E-state index contributed by atoms with van der Waals surface area (Å²) in [5, 5.41) is 8.09. The van der Waals surface area contributed by atoms with Crippen LogP contribution >= 0.6 is 0 Å². The minimum absolute atomic E-state index is 0.307. The Balaban J connectivity index is 1.44. The first kappa shape index (κ1) is 19.3. The van der Waals surface area contributed by atoms with E-state index in [1.54, 1.807) is 18.2 Å². The Bertz CT molecular complexity index is 909. The number of ether oxygens (including phenoxy) is 1. The largest absolute Gasteiger partial charge is 0.454 e. The molecule has 0 fully saturated rings. The van der Waals surface area contributed by atoms with Crippen molar-refractivity contribution in [3.63, 3.8) is 0 Å². The summed E-state index contributed by atoms with van der Waals surface area (Å²) < 4.78 is 4.95. The average Bonchev–Trinajstić information content (AvgIpc) is 3.21. The standard InChI is InChI=1S/C21H21N3O4/c1-15-6-5-9-17(12-15)21(27)22-13-20(26)28-14-19(25)24-11-10-18(23-24)16-7-3-2-4-8-16/h2-9,12H,10-11,13-14H2,1H3,(H,22,27). The highest BCUT2D eigenvalue weighted by Gasteiger charge is 2.22. The van der Waals surface area contributed by atoms with Gasteiger partial charge in [0.15, 0.2) is 6.61 Å². The van der Waals surface area contributed by atoms with Crippen LogP contribution in [0, 0.1) is 6.92 Å². The zero-order valence-electron chi connectivity index (χ0n) is 15.6. The summed E-state index contributed by atoms with van der Waals surface area (Å²) in [6, 6.07) is 16.6. The number of hydrogen-bond donors (Lipinski definition) is 1. The highest BCUT2D eigenvalue weighted by Crippen LogP contribution is 2.13. The lowest BCUT2D eigenvalue weighted by Gasteiger charge is -2.12. The fourth-order valence-electron chi connectivity index (χ4n) is 2.78. The van der Waals surface area contributed by atoms with E-state index in [0.29, 0.717) is 18.5 Å². The summed E-state index contributed by atoms with van der Waals surface area (Å²) >= 11 is 0. The number of carbonyl (C=O) groups excluding carboxylic acids is 3. The van der Waals surface area contributed by atoms with E-state index >= 15 is 0 Å². The zero-order valence-corrected chi connectivity index (χ0v) is 15.6. The molecule has 0 bridgehead atoms. The van der Waals surface area contributed by atoms with Gasteiger partial charge in [0.2, 0.25) is 0 Å². The second kappa shape index (κ2) is 8.94. The van der Waals surface area contributed by atoms with Crippen LogP contribution in [0.5, 0.6) is 0 Å². The predicted octanol–water partition coefficient (Wildman–Crippen LogP) is 1.90. The fourth-order valence-corrected chi connectivity index (χ4v) is 2.78. The molecule has 0 aliphatic carbocycles. The molecule has 2 aromatic rings. The van der Waals surface area contributed by atoms with Gasteiger partial charge in [-0.1, -0.05) is 48.0 Å². The van der Waals surface area contributed by atoms with Gasteiger partial charge in [0.05, 0.1) is 12.3 Å². The molecule has 2 aromatic carbocycles. The number of amides is 2. The summed E-state index contributed by atoms with van der Waals surface area (Å²) in [5.74, 6) is -1.45. The molecule has 144 valence electrons. The van der Waals surface area contributed by atoms with Crippen molar-refractivity contribution in [2.75, 3.05) is 19.7 Å². The van der Waals surface area contributed by atoms with Crippen LogP contribution in [0.2, 0.25) is 0 Å². The Morgan fingerprint density at radius 3 is 2.64 bits per heavy atom. The third kappa shape index (κ3) is 5.03. The first-order chi connectivity index (χ1) is 13.5. The molecule has 0 radical (unpaired) electrons. The Labute approximate surface area is 163 Å². The number of esters is 1. The lowest BCUT2D eigenvalue weighted by Crippen LogP contribution is -2.34. The summed E-state index contributed by atoms with van der Waals surface area (Å²) in [4.78, 5) is 36.0. The summed E-state index contributed by atoms with van der Waals surface area (Å²) in [6.07, 6.45) is 0.649. The number of hydrazone groups is 1. The van der Waals surface area contributed by atoms with Crippen molar-refractivity contribution in [1.29, 1.82) is 0 Å². The van der Waals surface area contributed by atoms with Crippen LogP contribution in [0.25, 0.3) is 0 Å². The SMILES string of the molecule is Cc1cccc(C(=O)NCC(=O)OCC(=O)N2CCC(c3ccccc3)=N2)c1. The second-order valence-electron chi connectivity index (χ2n) is 6.39. The van der Waals surface area contributed by atoms with E-state index in [-0.39, 0.29) is 12.5 Å². The van der Waals surface area contributed by atoms with E-state index < -0.39 is 18.5 Å². The van der Waals surface area contributed by atoms with Gasteiger partial charge in [-0.3, -0.25) is 14.4 Å². The third-order valence-electron chi connectivity index (χ3n) is 4.23. The molecule has 0 unspecified atom stereocenters. The maximum atomic E-state index is 12.2.